The summed E-state index contributed by atoms with van der Waals surface area (Å²) >= 11 is 0. The minimum Gasteiger partial charge on any atom is -0.310 e. The van der Waals surface area contributed by atoms with Gasteiger partial charge in [-0.25, -0.2) is 10.8 Å². The van der Waals surface area contributed by atoms with Crippen molar-refractivity contribution in [1.82, 2.24) is 10.4 Å². The number of pyridine rings is 1. The van der Waals surface area contributed by atoms with E-state index < -0.39 is 0 Å². The highest BCUT2D eigenvalue weighted by Crippen LogP contribution is 2.25. The molecule has 1 aliphatic heterocycles. The first-order valence-corrected chi connectivity index (χ1v) is 6.43. The second kappa shape index (κ2) is 5.22. The van der Waals surface area contributed by atoms with Gasteiger partial charge in [0.2, 0.25) is 0 Å². The molecule has 0 saturated carbocycles. The molecule has 1 unspecified atom stereocenters. The lowest BCUT2D eigenvalue weighted by molar-refractivity contribution is 0.884. The maximum Gasteiger partial charge on any atom is 0.141 e. The average Bonchev–Trinajstić information content (AvgIpc) is 2.65. The molecular weight excluding hydrogens is 250 g/mol. The number of benzene rings is 1. The van der Waals surface area contributed by atoms with E-state index in [0.717, 1.165) is 22.7 Å². The smallest absolute Gasteiger partial charge is 0.141 e. The first-order valence-electron chi connectivity index (χ1n) is 6.43. The van der Waals surface area contributed by atoms with Gasteiger partial charge in [0.25, 0.3) is 0 Å². The van der Waals surface area contributed by atoms with Crippen LogP contribution >= 0.6 is 0 Å². The molecule has 2 aromatic rings. The molecule has 20 heavy (non-hydrogen) atoms. The largest absolute Gasteiger partial charge is 0.310 e. The van der Waals surface area contributed by atoms with Gasteiger partial charge in [-0.3, -0.25) is 9.98 Å². The van der Waals surface area contributed by atoms with Gasteiger partial charge in [0.15, 0.2) is 0 Å². The molecular formula is C15H15N5. The lowest BCUT2D eigenvalue weighted by Crippen LogP contribution is -2.37. The third-order valence-corrected chi connectivity index (χ3v) is 3.17. The van der Waals surface area contributed by atoms with Crippen molar-refractivity contribution < 1.29 is 0 Å². The quantitative estimate of drug-likeness (QED) is 0.610. The van der Waals surface area contributed by atoms with Gasteiger partial charge in [0.05, 0.1) is 17.1 Å². The fourth-order valence-corrected chi connectivity index (χ4v) is 2.18. The molecule has 2 heterocycles. The summed E-state index contributed by atoms with van der Waals surface area (Å²) in [6, 6.07) is 13.5. The molecule has 5 heteroatoms. The maximum absolute atomic E-state index is 5.54. The molecule has 0 aliphatic carbocycles. The van der Waals surface area contributed by atoms with E-state index in [1.54, 1.807) is 6.20 Å². The highest BCUT2D eigenvalue weighted by atomic mass is 15.3. The topological polar surface area (TPSA) is 75.7 Å². The van der Waals surface area contributed by atoms with E-state index >= 15 is 0 Å². The summed E-state index contributed by atoms with van der Waals surface area (Å²) in [6.45, 7) is 1.95. The first-order chi connectivity index (χ1) is 9.79. The highest BCUT2D eigenvalue weighted by molar-refractivity contribution is 6.16. The number of rotatable bonds is 1. The molecule has 3 rings (SSSR count). The Balaban J connectivity index is 2.21. The van der Waals surface area contributed by atoms with Gasteiger partial charge in [-0.2, -0.15) is 0 Å². The number of para-hydroxylation sites is 1. The normalized spacial score (nSPS) is 17.6. The van der Waals surface area contributed by atoms with E-state index in [4.69, 9.17) is 10.8 Å². The van der Waals surface area contributed by atoms with Crippen LogP contribution in [0.5, 0.6) is 0 Å². The number of fused-ring (bicyclic) bond motifs is 1. The van der Waals surface area contributed by atoms with Gasteiger partial charge in [-0.1, -0.05) is 24.3 Å². The molecule has 0 saturated heterocycles. The molecule has 3 N–H and O–H groups in total. The van der Waals surface area contributed by atoms with Crippen molar-refractivity contribution in [3.8, 4) is 0 Å². The SMILES string of the molecule is CC1N=C(c2ccccn2)c2ccccc2N=C1NN. The molecule has 0 spiro atoms. The Bertz CT molecular complexity index is 676. The lowest BCUT2D eigenvalue weighted by atomic mass is 10.0. The number of hydrogen-bond donors (Lipinski definition) is 2. The highest BCUT2D eigenvalue weighted by Gasteiger charge is 2.20. The molecule has 100 valence electrons. The summed E-state index contributed by atoms with van der Waals surface area (Å²) in [5, 5.41) is 0. The molecule has 5 nitrogen and oxygen atoms in total. The van der Waals surface area contributed by atoms with Crippen LogP contribution < -0.4 is 11.3 Å². The van der Waals surface area contributed by atoms with Gasteiger partial charge in [-0.15, -0.1) is 0 Å². The second-order valence-corrected chi connectivity index (χ2v) is 4.53. The van der Waals surface area contributed by atoms with Crippen LogP contribution in [0, 0.1) is 0 Å². The van der Waals surface area contributed by atoms with E-state index in [1.165, 1.54) is 0 Å². The van der Waals surface area contributed by atoms with Crippen molar-refractivity contribution in [2.75, 3.05) is 0 Å². The van der Waals surface area contributed by atoms with Gasteiger partial charge < -0.3 is 5.43 Å². The molecule has 1 aliphatic rings. The summed E-state index contributed by atoms with van der Waals surface area (Å²) < 4.78 is 0. The number of nitrogens with two attached hydrogens (primary N) is 1. The van der Waals surface area contributed by atoms with Crippen LogP contribution in [0.4, 0.5) is 5.69 Å². The maximum atomic E-state index is 5.54. The van der Waals surface area contributed by atoms with Crippen molar-refractivity contribution in [2.45, 2.75) is 13.0 Å². The summed E-state index contributed by atoms with van der Waals surface area (Å²) in [4.78, 5) is 13.7. The second-order valence-electron chi connectivity index (χ2n) is 4.53. The number of nitrogens with zero attached hydrogens (tertiary/aromatic N) is 3. The fraction of sp³-hybridized carbons (Fsp3) is 0.133. The molecule has 0 fully saturated rings. The third kappa shape index (κ3) is 2.19. The molecule has 1 aromatic heterocycles. The lowest BCUT2D eigenvalue weighted by Gasteiger charge is -2.09. The van der Waals surface area contributed by atoms with Gasteiger partial charge >= 0.3 is 0 Å². The Labute approximate surface area is 117 Å². The van der Waals surface area contributed by atoms with Crippen molar-refractivity contribution >= 4 is 17.2 Å². The van der Waals surface area contributed by atoms with Crippen LogP contribution in [0.1, 0.15) is 18.2 Å². The number of hydrazine groups is 1. The predicted octanol–water partition coefficient (Wildman–Crippen LogP) is 1.81. The molecule has 1 aromatic carbocycles. The Morgan fingerprint density at radius 2 is 1.90 bits per heavy atom. The average molecular weight is 265 g/mol. The van der Waals surface area contributed by atoms with Gasteiger partial charge in [-0.05, 0) is 25.1 Å². The van der Waals surface area contributed by atoms with E-state index in [0.29, 0.717) is 5.84 Å². The van der Waals surface area contributed by atoms with Crippen LogP contribution in [0.15, 0.2) is 58.6 Å². The minimum atomic E-state index is -0.149. The van der Waals surface area contributed by atoms with Crippen LogP contribution in [-0.4, -0.2) is 22.6 Å². The molecule has 0 amide bonds. The van der Waals surface area contributed by atoms with E-state index in [9.17, 15) is 0 Å². The number of amidine groups is 1. The monoisotopic (exact) mass is 265 g/mol. The van der Waals surface area contributed by atoms with Crippen molar-refractivity contribution in [3.63, 3.8) is 0 Å². The summed E-state index contributed by atoms with van der Waals surface area (Å²) in [5.74, 6) is 6.18. The number of nitrogens with one attached hydrogen (secondary N) is 1. The van der Waals surface area contributed by atoms with Gasteiger partial charge in [0.1, 0.15) is 11.9 Å². The molecule has 1 atom stereocenters. The van der Waals surface area contributed by atoms with E-state index in [-0.39, 0.29) is 6.04 Å². The van der Waals surface area contributed by atoms with Crippen molar-refractivity contribution in [3.05, 3.63) is 59.9 Å². The number of aromatic nitrogens is 1. The van der Waals surface area contributed by atoms with Gasteiger partial charge in [0, 0.05) is 11.8 Å². The van der Waals surface area contributed by atoms with Crippen LogP contribution in [0.25, 0.3) is 0 Å². The van der Waals surface area contributed by atoms with Crippen LogP contribution in [-0.2, 0) is 0 Å². The number of aliphatic imine (C=N–C) groups is 2. The van der Waals surface area contributed by atoms with Crippen LogP contribution in [0.3, 0.4) is 0 Å². The van der Waals surface area contributed by atoms with E-state index in [2.05, 4.69) is 15.4 Å². The summed E-state index contributed by atoms with van der Waals surface area (Å²) in [7, 11) is 0. The first kappa shape index (κ1) is 12.5. The zero-order chi connectivity index (χ0) is 13.9. The van der Waals surface area contributed by atoms with E-state index in [1.807, 2.05) is 49.4 Å². The summed E-state index contributed by atoms with van der Waals surface area (Å²) in [5.41, 5.74) is 6.10. The standard InChI is InChI=1S/C15H15N5/c1-10-15(20-16)19-12-7-3-2-6-11(12)14(18-10)13-8-4-5-9-17-13/h2-10H,16H2,1H3,(H,19,20). The number of hydrogen-bond acceptors (Lipinski definition) is 5. The fourth-order valence-electron chi connectivity index (χ4n) is 2.18. The van der Waals surface area contributed by atoms with Crippen molar-refractivity contribution in [2.24, 2.45) is 15.8 Å². The van der Waals surface area contributed by atoms with Crippen LogP contribution in [0.2, 0.25) is 0 Å². The Kier molecular flexibility index (Phi) is 3.26. The third-order valence-electron chi connectivity index (χ3n) is 3.17. The minimum absolute atomic E-state index is 0.149. The Morgan fingerprint density at radius 3 is 2.65 bits per heavy atom. The Morgan fingerprint density at radius 1 is 1.10 bits per heavy atom. The van der Waals surface area contributed by atoms with Crippen molar-refractivity contribution in [1.29, 1.82) is 0 Å². The molecule has 0 bridgehead atoms. The summed E-state index contributed by atoms with van der Waals surface area (Å²) in [6.07, 6.45) is 1.76. The predicted molar refractivity (Wildman–Crippen MR) is 80.2 cm³/mol. The zero-order valence-electron chi connectivity index (χ0n) is 11.1. The molecule has 0 radical (unpaired) electrons. The zero-order valence-corrected chi connectivity index (χ0v) is 11.1. The Hall–Kier alpha value is -2.53.